The van der Waals surface area contributed by atoms with Gasteiger partial charge in [0.05, 0.1) is 6.42 Å². The Morgan fingerprint density at radius 3 is 2.29 bits per heavy atom. The minimum atomic E-state index is -0.902. The maximum Gasteiger partial charge on any atom is 0.413 e. The minimum absolute atomic E-state index is 0.0242. The lowest BCUT2D eigenvalue weighted by atomic mass is 9.92. The van der Waals surface area contributed by atoms with E-state index in [9.17, 15) is 14.4 Å². The first-order valence-corrected chi connectivity index (χ1v) is 12.3. The number of aromatic nitrogens is 1. The van der Waals surface area contributed by atoms with Gasteiger partial charge in [0.1, 0.15) is 12.3 Å². The van der Waals surface area contributed by atoms with Crippen LogP contribution in [0, 0.1) is 11.8 Å². The predicted octanol–water partition coefficient (Wildman–Crippen LogP) is 4.98. The normalized spacial score (nSPS) is 13.1. The molecule has 0 spiro atoms. The van der Waals surface area contributed by atoms with E-state index in [1.165, 1.54) is 5.38 Å². The van der Waals surface area contributed by atoms with Crippen molar-refractivity contribution in [1.82, 2.24) is 10.3 Å². The first-order chi connectivity index (χ1) is 16.8. The van der Waals surface area contributed by atoms with Gasteiger partial charge in [-0.25, -0.2) is 9.78 Å². The van der Waals surface area contributed by atoms with Crippen LogP contribution in [0.3, 0.4) is 0 Å². The molecule has 1 aliphatic carbocycles. The van der Waals surface area contributed by atoms with Crippen LogP contribution in [0.5, 0.6) is 0 Å². The molecule has 0 saturated carbocycles. The second-order valence-electron chi connectivity index (χ2n) is 8.80. The molecule has 1 unspecified atom stereocenters. The van der Waals surface area contributed by atoms with Gasteiger partial charge in [-0.1, -0.05) is 62.4 Å². The van der Waals surface area contributed by atoms with Gasteiger partial charge in [-0.05, 0) is 34.1 Å². The lowest BCUT2D eigenvalue weighted by Gasteiger charge is -2.18. The number of nitrogens with one attached hydrogen (secondary N) is 2. The molecule has 2 amide bonds. The third-order valence-electron chi connectivity index (χ3n) is 6.19. The number of ether oxygens (including phenoxy) is 1. The molecule has 4 rings (SSSR count). The van der Waals surface area contributed by atoms with Crippen LogP contribution in [-0.4, -0.2) is 41.2 Å². The largest absolute Gasteiger partial charge is 0.481 e. The number of fused-ring (bicyclic) bond motifs is 3. The molecule has 0 saturated heterocycles. The molecule has 0 radical (unpaired) electrons. The lowest BCUT2D eigenvalue weighted by molar-refractivity contribution is -0.138. The van der Waals surface area contributed by atoms with Crippen molar-refractivity contribution in [3.8, 4) is 11.1 Å². The summed E-state index contributed by atoms with van der Waals surface area (Å²) in [5.74, 6) is -1.45. The molecule has 9 heteroatoms. The summed E-state index contributed by atoms with van der Waals surface area (Å²) in [6, 6.07) is 16.2. The van der Waals surface area contributed by atoms with Gasteiger partial charge >= 0.3 is 12.1 Å². The second kappa shape index (κ2) is 10.7. The Balaban J connectivity index is 1.32. The topological polar surface area (TPSA) is 118 Å². The van der Waals surface area contributed by atoms with Gasteiger partial charge in [0.25, 0.3) is 5.91 Å². The van der Waals surface area contributed by atoms with E-state index in [0.29, 0.717) is 0 Å². The zero-order valence-corrected chi connectivity index (χ0v) is 20.3. The third kappa shape index (κ3) is 5.68. The fourth-order valence-corrected chi connectivity index (χ4v) is 4.92. The van der Waals surface area contributed by atoms with Crippen LogP contribution in [0.15, 0.2) is 53.9 Å². The maximum absolute atomic E-state index is 12.4. The summed E-state index contributed by atoms with van der Waals surface area (Å²) in [4.78, 5) is 40.1. The summed E-state index contributed by atoms with van der Waals surface area (Å²) >= 11 is 1.11. The highest BCUT2D eigenvalue weighted by Gasteiger charge is 2.29. The van der Waals surface area contributed by atoms with Gasteiger partial charge in [-0.3, -0.25) is 14.9 Å². The summed E-state index contributed by atoms with van der Waals surface area (Å²) < 4.78 is 5.52. The van der Waals surface area contributed by atoms with E-state index in [-0.39, 0.29) is 48.2 Å². The number of thiazole rings is 1. The smallest absolute Gasteiger partial charge is 0.413 e. The molecule has 2 aromatic carbocycles. The molecule has 1 aromatic heterocycles. The number of carboxylic acids is 1. The Kier molecular flexibility index (Phi) is 7.45. The van der Waals surface area contributed by atoms with E-state index in [0.717, 1.165) is 33.6 Å². The molecule has 182 valence electrons. The molecule has 0 bridgehead atoms. The Hall–Kier alpha value is -3.72. The van der Waals surface area contributed by atoms with E-state index >= 15 is 0 Å². The molecule has 0 fully saturated rings. The van der Waals surface area contributed by atoms with E-state index < -0.39 is 18.0 Å². The van der Waals surface area contributed by atoms with E-state index in [2.05, 4.69) is 27.8 Å². The van der Waals surface area contributed by atoms with Crippen LogP contribution in [0.1, 0.15) is 47.8 Å². The zero-order valence-electron chi connectivity index (χ0n) is 19.5. The molecule has 35 heavy (non-hydrogen) atoms. The number of anilines is 1. The maximum atomic E-state index is 12.4. The fourth-order valence-electron chi connectivity index (χ4n) is 4.24. The molecule has 3 N–H and O–H groups in total. The average Bonchev–Trinajstić information content (AvgIpc) is 3.42. The average molecular weight is 494 g/mol. The number of carboxylic acid groups (broad SMARTS) is 1. The lowest BCUT2D eigenvalue weighted by Crippen LogP contribution is -2.32. The van der Waals surface area contributed by atoms with Crippen LogP contribution in [0.25, 0.3) is 11.1 Å². The SMILES string of the molecule is CC(C)C(CNC(=O)c1csc(NC(=O)OCC2c3ccccc3-c3ccccc32)n1)CC(=O)O. The van der Waals surface area contributed by atoms with Crippen LogP contribution in [0.4, 0.5) is 9.93 Å². The van der Waals surface area contributed by atoms with Crippen molar-refractivity contribution in [2.24, 2.45) is 11.8 Å². The molecule has 1 atom stereocenters. The summed E-state index contributed by atoms with van der Waals surface area (Å²) in [5, 5.41) is 16.1. The number of carbonyl (C=O) groups is 3. The summed E-state index contributed by atoms with van der Waals surface area (Å²) in [7, 11) is 0. The van der Waals surface area contributed by atoms with Gasteiger partial charge in [0, 0.05) is 17.8 Å². The fraction of sp³-hybridized carbons (Fsp3) is 0.308. The molecular weight excluding hydrogens is 466 g/mol. The first kappa shape index (κ1) is 24.4. The molecular formula is C26H27N3O5S. The van der Waals surface area contributed by atoms with Crippen LogP contribution < -0.4 is 10.6 Å². The van der Waals surface area contributed by atoms with Gasteiger partial charge < -0.3 is 15.2 Å². The standard InChI is InChI=1S/C26H27N3O5S/c1-15(2)16(11-23(30)31)12-27-24(32)22-14-35-25(28-22)29-26(33)34-13-21-19-9-5-3-7-17(19)18-8-4-6-10-20(18)21/h3-10,14-16,21H,11-13H2,1-2H3,(H,27,32)(H,30,31)(H,28,29,33). The molecule has 8 nitrogen and oxygen atoms in total. The Labute approximate surface area is 207 Å². The predicted molar refractivity (Wildman–Crippen MR) is 134 cm³/mol. The Morgan fingerprint density at radius 1 is 1.06 bits per heavy atom. The number of nitrogens with zero attached hydrogens (tertiary/aromatic N) is 1. The minimum Gasteiger partial charge on any atom is -0.481 e. The van der Waals surface area contributed by atoms with Crippen molar-refractivity contribution < 1.29 is 24.2 Å². The molecule has 1 heterocycles. The van der Waals surface area contributed by atoms with Crippen molar-refractivity contribution >= 4 is 34.4 Å². The quantitative estimate of drug-likeness (QED) is 0.387. The van der Waals surface area contributed by atoms with Crippen molar-refractivity contribution in [1.29, 1.82) is 0 Å². The summed E-state index contributed by atoms with van der Waals surface area (Å²) in [5.41, 5.74) is 4.70. The van der Waals surface area contributed by atoms with Gasteiger partial charge in [-0.15, -0.1) is 11.3 Å². The van der Waals surface area contributed by atoms with E-state index in [4.69, 9.17) is 9.84 Å². The van der Waals surface area contributed by atoms with Crippen molar-refractivity contribution in [3.05, 3.63) is 70.7 Å². The number of amides is 2. The van der Waals surface area contributed by atoms with Crippen molar-refractivity contribution in [3.63, 3.8) is 0 Å². The highest BCUT2D eigenvalue weighted by Crippen LogP contribution is 2.44. The Bertz CT molecular complexity index is 1190. The summed E-state index contributed by atoms with van der Waals surface area (Å²) in [6.07, 6.45) is -0.668. The number of hydrogen-bond acceptors (Lipinski definition) is 6. The molecule has 1 aliphatic rings. The van der Waals surface area contributed by atoms with Crippen LogP contribution in [-0.2, 0) is 9.53 Å². The zero-order chi connectivity index (χ0) is 24.9. The molecule has 0 aliphatic heterocycles. The van der Waals surface area contributed by atoms with Gasteiger partial charge in [0.2, 0.25) is 0 Å². The number of carbonyl (C=O) groups excluding carboxylic acids is 2. The van der Waals surface area contributed by atoms with Crippen LogP contribution >= 0.6 is 11.3 Å². The van der Waals surface area contributed by atoms with Crippen LogP contribution in [0.2, 0.25) is 0 Å². The highest BCUT2D eigenvalue weighted by molar-refractivity contribution is 7.14. The van der Waals surface area contributed by atoms with E-state index in [1.54, 1.807) is 0 Å². The van der Waals surface area contributed by atoms with Gasteiger partial charge in [0.15, 0.2) is 5.13 Å². The van der Waals surface area contributed by atoms with Crippen molar-refractivity contribution in [2.45, 2.75) is 26.2 Å². The second-order valence-corrected chi connectivity index (χ2v) is 9.66. The monoisotopic (exact) mass is 493 g/mol. The number of rotatable bonds is 9. The number of aliphatic carboxylic acids is 1. The number of benzene rings is 2. The first-order valence-electron chi connectivity index (χ1n) is 11.4. The van der Waals surface area contributed by atoms with Crippen molar-refractivity contribution in [2.75, 3.05) is 18.5 Å². The van der Waals surface area contributed by atoms with Gasteiger partial charge in [-0.2, -0.15) is 0 Å². The third-order valence-corrected chi connectivity index (χ3v) is 6.95. The van der Waals surface area contributed by atoms with E-state index in [1.807, 2.05) is 50.2 Å². The highest BCUT2D eigenvalue weighted by atomic mass is 32.1. The Morgan fingerprint density at radius 2 is 1.69 bits per heavy atom. The number of hydrogen-bond donors (Lipinski definition) is 3. The molecule has 3 aromatic rings. The summed E-state index contributed by atoms with van der Waals surface area (Å²) in [6.45, 7) is 4.24.